The van der Waals surface area contributed by atoms with Crippen molar-refractivity contribution in [2.45, 2.75) is 0 Å². The summed E-state index contributed by atoms with van der Waals surface area (Å²) in [6.45, 7) is 0. The molecule has 5 aromatic rings. The quantitative estimate of drug-likeness (QED) is 0.440. The molecule has 0 aliphatic rings. The van der Waals surface area contributed by atoms with E-state index in [0.29, 0.717) is 45.5 Å². The lowest BCUT2D eigenvalue weighted by Crippen LogP contribution is -1.90. The summed E-state index contributed by atoms with van der Waals surface area (Å²) in [5, 5.41) is 0. The van der Waals surface area contributed by atoms with Gasteiger partial charge in [-0.2, -0.15) is 0 Å². The summed E-state index contributed by atoms with van der Waals surface area (Å²) < 4.78 is 25.2. The standard InChI is InChI=1S/C22H14FN5O2/c23-14-3-5-15(6-4-14)30-20-11-17(29-16-2-1-8-24-12-16)10-19-21(20)28-22(27-19)18-7-9-25-13-26-18/h1-13H,(H,27,28). The van der Waals surface area contributed by atoms with Crippen molar-refractivity contribution in [1.29, 1.82) is 0 Å². The number of hydrogen-bond donors (Lipinski definition) is 1. The van der Waals surface area contributed by atoms with E-state index < -0.39 is 0 Å². The highest BCUT2D eigenvalue weighted by Gasteiger charge is 2.15. The van der Waals surface area contributed by atoms with Gasteiger partial charge in [0.2, 0.25) is 0 Å². The van der Waals surface area contributed by atoms with E-state index in [1.54, 1.807) is 55.0 Å². The van der Waals surface area contributed by atoms with Crippen LogP contribution in [0, 0.1) is 5.82 Å². The Morgan fingerprint density at radius 3 is 2.50 bits per heavy atom. The Morgan fingerprint density at radius 1 is 0.833 bits per heavy atom. The van der Waals surface area contributed by atoms with Gasteiger partial charge >= 0.3 is 0 Å². The third-order valence-corrected chi connectivity index (χ3v) is 4.26. The third-order valence-electron chi connectivity index (χ3n) is 4.26. The van der Waals surface area contributed by atoms with Crippen LogP contribution in [0.25, 0.3) is 22.6 Å². The summed E-state index contributed by atoms with van der Waals surface area (Å²) in [4.78, 5) is 20.1. The predicted octanol–water partition coefficient (Wildman–Crippen LogP) is 5.14. The number of aromatic nitrogens is 5. The summed E-state index contributed by atoms with van der Waals surface area (Å²) in [6.07, 6.45) is 6.38. The Hall–Kier alpha value is -4.33. The second kappa shape index (κ2) is 7.59. The van der Waals surface area contributed by atoms with Gasteiger partial charge in [-0.25, -0.2) is 19.3 Å². The van der Waals surface area contributed by atoms with Crippen molar-refractivity contribution in [2.24, 2.45) is 0 Å². The van der Waals surface area contributed by atoms with Gasteiger partial charge in [-0.05, 0) is 42.5 Å². The molecule has 0 saturated carbocycles. The minimum absolute atomic E-state index is 0.341. The molecule has 2 aromatic carbocycles. The summed E-state index contributed by atoms with van der Waals surface area (Å²) in [7, 11) is 0. The number of aromatic amines is 1. The van der Waals surface area contributed by atoms with Crippen LogP contribution in [0.4, 0.5) is 4.39 Å². The van der Waals surface area contributed by atoms with E-state index >= 15 is 0 Å². The first-order valence-electron chi connectivity index (χ1n) is 9.06. The second-order valence-corrected chi connectivity index (χ2v) is 6.34. The van der Waals surface area contributed by atoms with E-state index in [4.69, 9.17) is 9.47 Å². The molecule has 3 heterocycles. The van der Waals surface area contributed by atoms with Crippen LogP contribution >= 0.6 is 0 Å². The number of rotatable bonds is 5. The lowest BCUT2D eigenvalue weighted by atomic mass is 10.2. The molecular formula is C22H14FN5O2. The lowest BCUT2D eigenvalue weighted by molar-refractivity contribution is 0.462. The smallest absolute Gasteiger partial charge is 0.158 e. The van der Waals surface area contributed by atoms with E-state index in [0.717, 1.165) is 0 Å². The van der Waals surface area contributed by atoms with Crippen LogP contribution in [0.1, 0.15) is 0 Å². The topological polar surface area (TPSA) is 85.8 Å². The first kappa shape index (κ1) is 17.7. The van der Waals surface area contributed by atoms with Gasteiger partial charge in [0.05, 0.1) is 11.7 Å². The maximum absolute atomic E-state index is 13.3. The van der Waals surface area contributed by atoms with Gasteiger partial charge in [-0.15, -0.1) is 0 Å². The zero-order chi connectivity index (χ0) is 20.3. The molecule has 7 nitrogen and oxygen atoms in total. The van der Waals surface area contributed by atoms with Crippen molar-refractivity contribution in [3.8, 4) is 34.5 Å². The predicted molar refractivity (Wildman–Crippen MR) is 108 cm³/mol. The molecule has 0 bridgehead atoms. The average molecular weight is 399 g/mol. The molecule has 0 unspecified atom stereocenters. The van der Waals surface area contributed by atoms with E-state index in [-0.39, 0.29) is 5.82 Å². The minimum Gasteiger partial charge on any atom is -0.456 e. The second-order valence-electron chi connectivity index (χ2n) is 6.34. The Balaban J connectivity index is 1.60. The summed E-state index contributed by atoms with van der Waals surface area (Å²) in [5.74, 6) is 2.27. The molecule has 3 aromatic heterocycles. The maximum atomic E-state index is 13.3. The molecule has 0 atom stereocenters. The van der Waals surface area contributed by atoms with Crippen molar-refractivity contribution >= 4 is 11.0 Å². The molecule has 0 spiro atoms. The highest BCUT2D eigenvalue weighted by molar-refractivity contribution is 5.86. The fourth-order valence-electron chi connectivity index (χ4n) is 2.92. The molecule has 30 heavy (non-hydrogen) atoms. The van der Waals surface area contributed by atoms with Crippen LogP contribution in [0.2, 0.25) is 0 Å². The zero-order valence-corrected chi connectivity index (χ0v) is 15.5. The number of benzene rings is 2. The zero-order valence-electron chi connectivity index (χ0n) is 15.5. The monoisotopic (exact) mass is 399 g/mol. The molecule has 5 rings (SSSR count). The molecule has 0 amide bonds. The van der Waals surface area contributed by atoms with E-state index in [1.165, 1.54) is 18.5 Å². The Kier molecular flexibility index (Phi) is 4.49. The van der Waals surface area contributed by atoms with Gasteiger partial charge in [-0.1, -0.05) is 0 Å². The number of imidazole rings is 1. The van der Waals surface area contributed by atoms with Gasteiger partial charge in [0.25, 0.3) is 0 Å². The lowest BCUT2D eigenvalue weighted by Gasteiger charge is -2.10. The highest BCUT2D eigenvalue weighted by Crippen LogP contribution is 2.36. The number of nitrogens with zero attached hydrogens (tertiary/aromatic N) is 4. The van der Waals surface area contributed by atoms with E-state index in [9.17, 15) is 4.39 Å². The molecule has 8 heteroatoms. The molecule has 0 aliphatic carbocycles. The average Bonchev–Trinajstić information content (AvgIpc) is 3.21. The van der Waals surface area contributed by atoms with Gasteiger partial charge in [0, 0.05) is 24.5 Å². The molecule has 0 radical (unpaired) electrons. The maximum Gasteiger partial charge on any atom is 0.158 e. The number of ether oxygens (including phenoxy) is 2. The number of fused-ring (bicyclic) bond motifs is 1. The Labute approximate surface area is 170 Å². The van der Waals surface area contributed by atoms with Gasteiger partial charge in [-0.3, -0.25) is 4.98 Å². The Bertz CT molecular complexity index is 1290. The largest absolute Gasteiger partial charge is 0.456 e. The number of nitrogens with one attached hydrogen (secondary N) is 1. The van der Waals surface area contributed by atoms with E-state index in [1.807, 2.05) is 6.07 Å². The van der Waals surface area contributed by atoms with Crippen LogP contribution in [-0.4, -0.2) is 24.9 Å². The fraction of sp³-hybridized carbons (Fsp3) is 0. The van der Waals surface area contributed by atoms with Gasteiger partial charge < -0.3 is 14.5 Å². The number of pyridine rings is 1. The van der Waals surface area contributed by atoms with Crippen LogP contribution in [0.3, 0.4) is 0 Å². The Morgan fingerprint density at radius 2 is 1.73 bits per heavy atom. The molecule has 1 N–H and O–H groups in total. The van der Waals surface area contributed by atoms with Crippen molar-refractivity contribution in [3.63, 3.8) is 0 Å². The molecule has 0 saturated heterocycles. The SMILES string of the molecule is Fc1ccc(Oc2cc(Oc3cccnc3)cc3[nH]c(-c4ccncn4)nc23)cc1. The highest BCUT2D eigenvalue weighted by atomic mass is 19.1. The van der Waals surface area contributed by atoms with Crippen LogP contribution in [0.15, 0.2) is 79.5 Å². The van der Waals surface area contributed by atoms with Crippen molar-refractivity contribution < 1.29 is 13.9 Å². The van der Waals surface area contributed by atoms with Crippen molar-refractivity contribution in [2.75, 3.05) is 0 Å². The van der Waals surface area contributed by atoms with E-state index in [2.05, 4.69) is 24.9 Å². The molecule has 0 fully saturated rings. The van der Waals surface area contributed by atoms with Gasteiger partial charge in [0.15, 0.2) is 11.6 Å². The summed E-state index contributed by atoms with van der Waals surface area (Å²) >= 11 is 0. The number of halogens is 1. The first-order chi connectivity index (χ1) is 14.7. The van der Waals surface area contributed by atoms with Crippen molar-refractivity contribution in [3.05, 3.63) is 85.3 Å². The third kappa shape index (κ3) is 3.66. The van der Waals surface area contributed by atoms with Crippen LogP contribution < -0.4 is 9.47 Å². The molecule has 146 valence electrons. The van der Waals surface area contributed by atoms with Gasteiger partial charge in [0.1, 0.15) is 40.6 Å². The minimum atomic E-state index is -0.341. The van der Waals surface area contributed by atoms with Crippen molar-refractivity contribution in [1.82, 2.24) is 24.9 Å². The number of hydrogen-bond acceptors (Lipinski definition) is 6. The molecule has 0 aliphatic heterocycles. The summed E-state index contributed by atoms with van der Waals surface area (Å²) in [5.41, 5.74) is 1.93. The van der Waals surface area contributed by atoms with Crippen LogP contribution in [0.5, 0.6) is 23.0 Å². The molecular weight excluding hydrogens is 385 g/mol. The number of H-pyrrole nitrogens is 1. The van der Waals surface area contributed by atoms with Crippen LogP contribution in [-0.2, 0) is 0 Å². The fourth-order valence-corrected chi connectivity index (χ4v) is 2.92. The normalized spacial score (nSPS) is 10.8. The summed E-state index contributed by atoms with van der Waals surface area (Å²) in [6, 6.07) is 14.6. The first-order valence-corrected chi connectivity index (χ1v) is 9.06.